The van der Waals surface area contributed by atoms with Gasteiger partial charge >= 0.3 is 0 Å². The van der Waals surface area contributed by atoms with E-state index in [1.807, 2.05) is 36.4 Å². The van der Waals surface area contributed by atoms with Gasteiger partial charge in [-0.05, 0) is 63.5 Å². The van der Waals surface area contributed by atoms with E-state index in [1.165, 1.54) is 0 Å². The van der Waals surface area contributed by atoms with Crippen molar-refractivity contribution in [1.29, 1.82) is 0 Å². The van der Waals surface area contributed by atoms with Crippen molar-refractivity contribution in [3.8, 4) is 5.88 Å². The van der Waals surface area contributed by atoms with Gasteiger partial charge in [-0.3, -0.25) is 19.1 Å². The highest BCUT2D eigenvalue weighted by atomic mass is 32.2. The van der Waals surface area contributed by atoms with Gasteiger partial charge in [0.1, 0.15) is 11.6 Å². The van der Waals surface area contributed by atoms with Gasteiger partial charge in [0, 0.05) is 32.6 Å². The lowest BCUT2D eigenvalue weighted by molar-refractivity contribution is -0.140. The topological polar surface area (TPSA) is 160 Å². The van der Waals surface area contributed by atoms with Crippen LogP contribution in [0.15, 0.2) is 36.4 Å². The number of allylic oxidation sites excluding steroid dienone is 1. The second-order valence-corrected chi connectivity index (χ2v) is 15.5. The maximum atomic E-state index is 14.1. The molecule has 5 aliphatic rings. The smallest absolute Gasteiger partial charge is 0.259 e. The van der Waals surface area contributed by atoms with Crippen LogP contribution in [0, 0.1) is 17.8 Å². The predicted molar refractivity (Wildman–Crippen MR) is 173 cm³/mol. The molecule has 3 amide bonds. The Kier molecular flexibility index (Phi) is 8.58. The van der Waals surface area contributed by atoms with Crippen LogP contribution in [-0.4, -0.2) is 97.8 Å². The van der Waals surface area contributed by atoms with Crippen LogP contribution < -0.4 is 19.7 Å². The molecule has 3 saturated carbocycles. The number of carbonyl (C=O) groups excluding carboxylic acids is 3. The highest BCUT2D eigenvalue weighted by Crippen LogP contribution is 2.47. The molecule has 7 rings (SSSR count). The first-order valence-electron chi connectivity index (χ1n) is 16.7. The molecule has 5 atom stereocenters. The fourth-order valence-corrected chi connectivity index (χ4v) is 8.44. The van der Waals surface area contributed by atoms with Gasteiger partial charge in [0.15, 0.2) is 0 Å². The van der Waals surface area contributed by atoms with Gasteiger partial charge in [-0.25, -0.2) is 13.4 Å². The Labute approximate surface area is 274 Å². The number of rotatable bonds is 6. The van der Waals surface area contributed by atoms with E-state index in [1.54, 1.807) is 11.9 Å². The summed E-state index contributed by atoms with van der Waals surface area (Å²) < 4.78 is 39.7. The zero-order valence-corrected chi connectivity index (χ0v) is 27.4. The van der Waals surface area contributed by atoms with Gasteiger partial charge in [-0.1, -0.05) is 24.3 Å². The minimum atomic E-state index is -3.81. The molecule has 252 valence electrons. The molecule has 0 radical (unpaired) electrons. The van der Waals surface area contributed by atoms with Crippen LogP contribution >= 0.6 is 0 Å². The van der Waals surface area contributed by atoms with Gasteiger partial charge in [0.05, 0.1) is 41.2 Å². The Morgan fingerprint density at radius 1 is 1.06 bits per heavy atom. The number of sulfonamides is 1. The second kappa shape index (κ2) is 12.7. The van der Waals surface area contributed by atoms with E-state index in [-0.39, 0.29) is 18.2 Å². The van der Waals surface area contributed by atoms with E-state index in [4.69, 9.17) is 19.4 Å². The van der Waals surface area contributed by atoms with Crippen molar-refractivity contribution in [2.45, 2.75) is 68.3 Å². The first-order chi connectivity index (χ1) is 22.6. The molecule has 2 aromatic rings. The van der Waals surface area contributed by atoms with Crippen molar-refractivity contribution < 1.29 is 32.3 Å². The molecular weight excluding hydrogens is 624 g/mol. The largest absolute Gasteiger partial charge is 0.474 e. The van der Waals surface area contributed by atoms with E-state index < -0.39 is 50.6 Å². The van der Waals surface area contributed by atoms with Crippen LogP contribution in [0.4, 0.5) is 5.95 Å². The maximum Gasteiger partial charge on any atom is 0.259 e. The number of aromatic nitrogens is 2. The zero-order chi connectivity index (χ0) is 32.8. The molecule has 0 spiro atoms. The number of benzene rings is 1. The van der Waals surface area contributed by atoms with Crippen molar-refractivity contribution >= 4 is 44.6 Å². The summed E-state index contributed by atoms with van der Waals surface area (Å²) in [5.41, 5.74) is -0.653. The summed E-state index contributed by atoms with van der Waals surface area (Å²) in [6.07, 6.45) is 7.65. The van der Waals surface area contributed by atoms with Crippen molar-refractivity contribution in [2.75, 3.05) is 44.8 Å². The summed E-state index contributed by atoms with van der Waals surface area (Å²) >= 11 is 0. The molecule has 2 N–H and O–H groups in total. The molecule has 14 heteroatoms. The Hall–Kier alpha value is -3.78. The SMILES string of the molecule is CN1CCCCC=C[C@@H]2C[C@@]2(C(=O)NS(=O)(=O)C2CC2)NC(=O)[C@@H]2C[C@@H](Oc3nc(N4CCOCC4)nc4ccccc34)C[C@H]2C1=O. The molecule has 2 aliphatic heterocycles. The Morgan fingerprint density at radius 3 is 2.62 bits per heavy atom. The highest BCUT2D eigenvalue weighted by Gasteiger charge is 2.62. The molecule has 3 aliphatic carbocycles. The number of fused-ring (bicyclic) bond motifs is 3. The number of amides is 3. The molecule has 1 aromatic heterocycles. The molecule has 3 heterocycles. The summed E-state index contributed by atoms with van der Waals surface area (Å²) in [6.45, 7) is 3.02. The quantitative estimate of drug-likeness (QED) is 0.436. The number of morpholine rings is 1. The first-order valence-corrected chi connectivity index (χ1v) is 18.2. The Bertz CT molecular complexity index is 1690. The van der Waals surface area contributed by atoms with Crippen molar-refractivity contribution in [2.24, 2.45) is 17.8 Å². The number of nitrogens with zero attached hydrogens (tertiary/aromatic N) is 4. The average molecular weight is 667 g/mol. The summed E-state index contributed by atoms with van der Waals surface area (Å²) in [7, 11) is -2.05. The molecule has 4 fully saturated rings. The number of hydrogen-bond donors (Lipinski definition) is 2. The Morgan fingerprint density at radius 2 is 1.83 bits per heavy atom. The maximum absolute atomic E-state index is 14.1. The lowest BCUT2D eigenvalue weighted by Gasteiger charge is -2.27. The second-order valence-electron chi connectivity index (χ2n) is 13.5. The zero-order valence-electron chi connectivity index (χ0n) is 26.6. The molecule has 47 heavy (non-hydrogen) atoms. The Balaban J connectivity index is 1.16. The van der Waals surface area contributed by atoms with Crippen LogP contribution in [0.2, 0.25) is 0 Å². The third kappa shape index (κ3) is 6.54. The number of para-hydroxylation sites is 1. The minimum Gasteiger partial charge on any atom is -0.474 e. The molecular formula is C33H42N6O7S. The third-order valence-electron chi connectivity index (χ3n) is 10.1. The fourth-order valence-electron chi connectivity index (χ4n) is 7.08. The predicted octanol–water partition coefficient (Wildman–Crippen LogP) is 1.92. The van der Waals surface area contributed by atoms with Gasteiger partial charge in [-0.15, -0.1) is 0 Å². The summed E-state index contributed by atoms with van der Waals surface area (Å²) in [6, 6.07) is 7.59. The van der Waals surface area contributed by atoms with Gasteiger partial charge in [0.2, 0.25) is 33.7 Å². The van der Waals surface area contributed by atoms with Gasteiger partial charge in [0.25, 0.3) is 5.91 Å². The number of carbonyl (C=O) groups is 3. The van der Waals surface area contributed by atoms with Crippen LogP contribution in [0.1, 0.15) is 51.4 Å². The molecule has 1 aromatic carbocycles. The van der Waals surface area contributed by atoms with E-state index in [0.717, 1.165) is 30.2 Å². The molecule has 1 saturated heterocycles. The highest BCUT2D eigenvalue weighted by molar-refractivity contribution is 7.91. The van der Waals surface area contributed by atoms with Crippen molar-refractivity contribution in [3.63, 3.8) is 0 Å². The van der Waals surface area contributed by atoms with Gasteiger partial charge < -0.3 is 24.6 Å². The van der Waals surface area contributed by atoms with E-state index >= 15 is 0 Å². The van der Waals surface area contributed by atoms with E-state index in [0.29, 0.717) is 70.4 Å². The normalized spacial score (nSPS) is 30.2. The van der Waals surface area contributed by atoms with Crippen LogP contribution in [0.3, 0.4) is 0 Å². The summed E-state index contributed by atoms with van der Waals surface area (Å²) in [5, 5.41) is 3.10. The lowest BCUT2D eigenvalue weighted by Crippen LogP contribution is -2.54. The third-order valence-corrected chi connectivity index (χ3v) is 11.9. The van der Waals surface area contributed by atoms with E-state index in [2.05, 4.69) is 14.9 Å². The number of anilines is 1. The average Bonchev–Trinajstić information content (AvgIpc) is 3.99. The fraction of sp³-hybridized carbons (Fsp3) is 0.606. The minimum absolute atomic E-state index is 0.146. The van der Waals surface area contributed by atoms with Crippen molar-refractivity contribution in [1.82, 2.24) is 24.9 Å². The van der Waals surface area contributed by atoms with Gasteiger partial charge in [-0.2, -0.15) is 4.98 Å². The van der Waals surface area contributed by atoms with Crippen LogP contribution in [0.25, 0.3) is 10.9 Å². The summed E-state index contributed by atoms with van der Waals surface area (Å²) in [4.78, 5) is 54.8. The molecule has 0 unspecified atom stereocenters. The molecule has 0 bridgehead atoms. The number of hydrogen-bond acceptors (Lipinski definition) is 10. The summed E-state index contributed by atoms with van der Waals surface area (Å²) in [5.74, 6) is -2.17. The van der Waals surface area contributed by atoms with Crippen molar-refractivity contribution in [3.05, 3.63) is 36.4 Å². The number of ether oxygens (including phenoxy) is 2. The monoisotopic (exact) mass is 666 g/mol. The lowest BCUT2D eigenvalue weighted by atomic mass is 9.93. The first kappa shape index (κ1) is 31.8. The van der Waals surface area contributed by atoms with Crippen LogP contribution in [0.5, 0.6) is 5.88 Å². The van der Waals surface area contributed by atoms with Crippen LogP contribution in [-0.2, 0) is 29.1 Å². The standard InChI is InChI=1S/C33H42N6O7S/c1-38-13-7-3-2-4-8-21-20-33(21,31(42)37-47(43,44)23-11-12-23)36-28(40)25-18-22(19-26(25)30(38)41)46-29-24-9-5-6-10-27(24)34-32(35-29)39-14-16-45-17-15-39/h4-6,8-10,21-23,25-26H,2-3,7,11-20H2,1H3,(H,36,40)(H,37,42)/t21-,22-,25-,26-,33-/m1/s1. The molecule has 13 nitrogen and oxygen atoms in total. The van der Waals surface area contributed by atoms with E-state index in [9.17, 15) is 22.8 Å². The number of nitrogens with one attached hydrogen (secondary N) is 2.